The Labute approximate surface area is 335 Å². The van der Waals surface area contributed by atoms with Gasteiger partial charge >= 0.3 is 6.09 Å². The largest absolute Gasteiger partial charge is 0.491 e. The molecule has 3 N–H and O–H groups in total. The molecule has 3 aliphatic carbocycles. The lowest BCUT2D eigenvalue weighted by Gasteiger charge is -2.38. The van der Waals surface area contributed by atoms with Crippen molar-refractivity contribution in [3.05, 3.63) is 42.6 Å². The predicted molar refractivity (Wildman–Crippen MR) is 213 cm³/mol. The molecule has 5 aliphatic rings. The summed E-state index contributed by atoms with van der Waals surface area (Å²) >= 11 is 0. The molecule has 4 amide bonds. The van der Waals surface area contributed by atoms with Crippen molar-refractivity contribution in [2.24, 2.45) is 23.2 Å². The van der Waals surface area contributed by atoms with Crippen LogP contribution in [0.3, 0.4) is 0 Å². The molecular weight excluding hydrogens is 751 g/mol. The van der Waals surface area contributed by atoms with Crippen LogP contribution >= 0.6 is 0 Å². The molecule has 4 fully saturated rings. The zero-order valence-electron chi connectivity index (χ0n) is 33.7. The number of hydrogen-bond acceptors (Lipinski definition) is 9. The number of carbonyl (C=O) groups excluding carboxylic acids is 3. The number of ether oxygens (including phenoxy) is 2. The fourth-order valence-electron chi connectivity index (χ4n) is 8.60. The third-order valence-corrected chi connectivity index (χ3v) is 15.1. The fraction of sp³-hybridized carbons (Fsp3) is 0.643. The number of rotatable bonds is 11. The van der Waals surface area contributed by atoms with E-state index in [1.54, 1.807) is 13.1 Å². The lowest BCUT2D eigenvalue weighted by atomic mass is 9.86. The number of hydrogen-bond donors (Lipinski definition) is 3. The molecule has 7 atom stereocenters. The van der Waals surface area contributed by atoms with Gasteiger partial charge in [0, 0.05) is 29.7 Å². The second-order valence-corrected chi connectivity index (χ2v) is 20.1. The number of fused-ring (bicyclic) bond motifs is 3. The van der Waals surface area contributed by atoms with Crippen LogP contribution in [0.25, 0.3) is 10.8 Å². The number of benzene rings is 1. The minimum Gasteiger partial charge on any atom is -0.491 e. The van der Waals surface area contributed by atoms with E-state index in [4.69, 9.17) is 9.47 Å². The smallest absolute Gasteiger partial charge is 0.408 e. The Morgan fingerprint density at radius 1 is 1.09 bits per heavy atom. The maximum absolute atomic E-state index is 15.1. The number of amides is 4. The summed E-state index contributed by atoms with van der Waals surface area (Å²) in [4.78, 5) is 64.1. The first-order chi connectivity index (χ1) is 27.0. The molecule has 1 saturated heterocycles. The molecule has 0 bridgehead atoms. The predicted octanol–water partition coefficient (Wildman–Crippen LogP) is 5.41. The number of carbonyl (C=O) groups is 4. The number of allylic oxidation sites excluding steroid dienone is 1. The summed E-state index contributed by atoms with van der Waals surface area (Å²) < 4.78 is 40.2. The standard InChI is InChI=1S/C42H57N5O9S/c1-6-19-55-33-23-43-36(31-14-10-9-13-30(31)33)56-29-21-32-35(48)44-42(38(50)45-57(53,54)41(5)17-18-41)22-28(42)12-8-7-11-26(2)20-27(3)34(37(49)46(32)24-29)47(39(51)52)25-40(4)15-16-40/h8-10,12-14,23,26-29,32,34H,6-7,11,15-22,24-25H2,1-5H3,(H,44,48)(H,45,50)(H,51,52)/t26-,27-,28-,29-,32+,34+,42-/m1/s1. The first-order valence-electron chi connectivity index (χ1n) is 20.5. The fourth-order valence-corrected chi connectivity index (χ4v) is 9.92. The Kier molecular flexibility index (Phi) is 11.0. The van der Waals surface area contributed by atoms with E-state index in [0.717, 1.165) is 31.1 Å². The normalized spacial score (nSPS) is 30.5. The van der Waals surface area contributed by atoms with Crippen molar-refractivity contribution in [3.8, 4) is 11.6 Å². The van der Waals surface area contributed by atoms with Crippen LogP contribution in [0.2, 0.25) is 0 Å². The highest BCUT2D eigenvalue weighted by molar-refractivity contribution is 7.91. The number of pyridine rings is 1. The third kappa shape index (κ3) is 8.31. The first-order valence-corrected chi connectivity index (χ1v) is 22.0. The lowest BCUT2D eigenvalue weighted by Crippen LogP contribution is -2.60. The van der Waals surface area contributed by atoms with Gasteiger partial charge in [-0.2, -0.15) is 0 Å². The van der Waals surface area contributed by atoms with Crippen LogP contribution in [0, 0.1) is 23.2 Å². The van der Waals surface area contributed by atoms with Gasteiger partial charge in [-0.25, -0.2) is 18.2 Å². The monoisotopic (exact) mass is 807 g/mol. The molecule has 1 aromatic heterocycles. The van der Waals surface area contributed by atoms with E-state index >= 15 is 4.79 Å². The second kappa shape index (κ2) is 15.4. The van der Waals surface area contributed by atoms with Crippen LogP contribution in [0.1, 0.15) is 98.8 Å². The van der Waals surface area contributed by atoms with Crippen molar-refractivity contribution in [1.82, 2.24) is 24.8 Å². The number of aromatic nitrogens is 1. The molecule has 14 nitrogen and oxygen atoms in total. The SMILES string of the molecule is CCCOc1cnc(O[C@@H]2C[C@H]3C(=O)N[C@]4(C(=O)NS(=O)(=O)C5(C)CC5)C[C@H]4C=CCC[C@@H](C)C[C@@H](C)[C@H](N(CC4(C)CC4)C(=O)O)C(=O)N3C2)c2ccccc12. The summed E-state index contributed by atoms with van der Waals surface area (Å²) in [6.45, 7) is 10.3. The summed E-state index contributed by atoms with van der Waals surface area (Å²) in [6.07, 6.45) is 9.09. The summed E-state index contributed by atoms with van der Waals surface area (Å²) in [6, 6.07) is 5.29. The Morgan fingerprint density at radius 2 is 1.81 bits per heavy atom. The molecule has 1 aromatic carbocycles. The van der Waals surface area contributed by atoms with Gasteiger partial charge in [0.1, 0.15) is 29.5 Å². The molecule has 0 spiro atoms. The van der Waals surface area contributed by atoms with Crippen LogP contribution in [0.15, 0.2) is 42.6 Å². The molecule has 0 unspecified atom stereocenters. The molecule has 15 heteroatoms. The van der Waals surface area contributed by atoms with Gasteiger partial charge in [0.2, 0.25) is 27.7 Å². The van der Waals surface area contributed by atoms with E-state index in [0.29, 0.717) is 49.3 Å². The zero-order valence-corrected chi connectivity index (χ0v) is 34.5. The van der Waals surface area contributed by atoms with Crippen LogP contribution < -0.4 is 19.5 Å². The summed E-state index contributed by atoms with van der Waals surface area (Å²) in [5, 5.41) is 15.1. The van der Waals surface area contributed by atoms with Crippen LogP contribution in [0.5, 0.6) is 11.6 Å². The summed E-state index contributed by atoms with van der Waals surface area (Å²) in [7, 11) is -4.01. The van der Waals surface area contributed by atoms with Crippen molar-refractivity contribution >= 4 is 44.6 Å². The molecule has 7 rings (SSSR count). The minimum absolute atomic E-state index is 0.0263. The van der Waals surface area contributed by atoms with Gasteiger partial charge in [-0.1, -0.05) is 58.0 Å². The number of carboxylic acid groups (broad SMARTS) is 1. The number of nitrogens with one attached hydrogen (secondary N) is 2. The highest BCUT2D eigenvalue weighted by atomic mass is 32.2. The highest BCUT2D eigenvalue weighted by Gasteiger charge is 2.63. The van der Waals surface area contributed by atoms with Crippen LogP contribution in [-0.4, -0.2) is 100 Å². The molecule has 310 valence electrons. The average Bonchev–Trinajstić information content (AvgIpc) is 4.12. The topological polar surface area (TPSA) is 185 Å². The Morgan fingerprint density at radius 3 is 2.47 bits per heavy atom. The van der Waals surface area contributed by atoms with Crippen molar-refractivity contribution in [2.75, 3.05) is 19.7 Å². The molecular formula is C42H57N5O9S. The highest BCUT2D eigenvalue weighted by Crippen LogP contribution is 2.49. The van der Waals surface area contributed by atoms with E-state index in [1.165, 1.54) is 9.80 Å². The number of sulfonamides is 1. The van der Waals surface area contributed by atoms with E-state index in [2.05, 4.69) is 21.9 Å². The van der Waals surface area contributed by atoms with Crippen molar-refractivity contribution in [3.63, 3.8) is 0 Å². The maximum Gasteiger partial charge on any atom is 0.408 e. The van der Waals surface area contributed by atoms with Gasteiger partial charge in [-0.05, 0) is 88.0 Å². The second-order valence-electron chi connectivity index (χ2n) is 17.9. The van der Waals surface area contributed by atoms with Gasteiger partial charge in [0.25, 0.3) is 5.91 Å². The Hall–Kier alpha value is -4.40. The van der Waals surface area contributed by atoms with Gasteiger partial charge in [0.05, 0.1) is 24.1 Å². The zero-order chi connectivity index (χ0) is 40.9. The quantitative estimate of drug-likeness (QED) is 0.248. The van der Waals surface area contributed by atoms with Crippen molar-refractivity contribution in [2.45, 2.75) is 127 Å². The van der Waals surface area contributed by atoms with Crippen molar-refractivity contribution < 1.29 is 42.2 Å². The number of nitrogens with zero attached hydrogens (tertiary/aromatic N) is 3. The van der Waals surface area contributed by atoms with Crippen LogP contribution in [0.4, 0.5) is 4.79 Å². The van der Waals surface area contributed by atoms with E-state index in [1.807, 2.05) is 57.2 Å². The van der Waals surface area contributed by atoms with E-state index in [9.17, 15) is 27.9 Å². The molecule has 3 heterocycles. The van der Waals surface area contributed by atoms with Crippen molar-refractivity contribution in [1.29, 1.82) is 0 Å². The van der Waals surface area contributed by atoms with Gasteiger partial charge < -0.3 is 24.8 Å². The third-order valence-electron chi connectivity index (χ3n) is 12.9. The Bertz CT molecular complexity index is 2050. The first kappa shape index (κ1) is 40.8. The molecule has 2 aromatic rings. The van der Waals surface area contributed by atoms with Gasteiger partial charge in [-0.3, -0.25) is 24.0 Å². The lowest BCUT2D eigenvalue weighted by molar-refractivity contribution is -0.144. The van der Waals surface area contributed by atoms with Gasteiger partial charge in [-0.15, -0.1) is 0 Å². The average molecular weight is 808 g/mol. The van der Waals surface area contributed by atoms with E-state index in [-0.39, 0.29) is 43.2 Å². The summed E-state index contributed by atoms with van der Waals surface area (Å²) in [5.41, 5.74) is -1.78. The summed E-state index contributed by atoms with van der Waals surface area (Å²) in [5.74, 6) is -1.76. The molecule has 2 aliphatic heterocycles. The van der Waals surface area contributed by atoms with Gasteiger partial charge in [0.15, 0.2) is 0 Å². The minimum atomic E-state index is -4.01. The maximum atomic E-state index is 15.1. The molecule has 0 radical (unpaired) electrons. The molecule has 3 saturated carbocycles. The molecule has 57 heavy (non-hydrogen) atoms. The van der Waals surface area contributed by atoms with E-state index < -0.39 is 68.2 Å². The Balaban J connectivity index is 1.25. The van der Waals surface area contributed by atoms with Crippen LogP contribution in [-0.2, 0) is 24.4 Å².